The minimum atomic E-state index is 0.425. The largest absolute Gasteiger partial charge is 0.488 e. The van der Waals surface area contributed by atoms with Crippen molar-refractivity contribution in [3.05, 3.63) is 77.2 Å². The van der Waals surface area contributed by atoms with E-state index in [2.05, 4.69) is 20.9 Å². The summed E-state index contributed by atoms with van der Waals surface area (Å²) >= 11 is 1.68. The summed E-state index contributed by atoms with van der Waals surface area (Å²) in [7, 11) is 0. The van der Waals surface area contributed by atoms with Gasteiger partial charge in [-0.25, -0.2) is 14.6 Å². The first-order valence-electron chi connectivity index (χ1n) is 13.0. The SMILES string of the molecule is Nc1ncnc2c1c(-c1ccc(Oc3cccc(OCc4cccs4)c3)cc1)nn2CCCN1CCOCC1. The lowest BCUT2D eigenvalue weighted by molar-refractivity contribution is 0.0368. The summed E-state index contributed by atoms with van der Waals surface area (Å²) in [4.78, 5) is 12.3. The van der Waals surface area contributed by atoms with E-state index in [9.17, 15) is 0 Å². The fraction of sp³-hybridized carbons (Fsp3) is 0.276. The third-order valence-electron chi connectivity index (χ3n) is 6.64. The standard InChI is InChI=1S/C29H30N6O3S/c30-28-26-27(33-35(29(26)32-20-31-28)12-3-11-34-13-15-36-16-14-34)21-7-9-22(10-8-21)38-24-5-1-4-23(18-24)37-19-25-6-2-17-39-25/h1-2,4-10,17-18,20H,3,11-16,19H2,(H2,30,31,32). The molecule has 1 saturated heterocycles. The third kappa shape index (κ3) is 6.03. The van der Waals surface area contributed by atoms with E-state index in [1.165, 1.54) is 11.2 Å². The van der Waals surface area contributed by atoms with Gasteiger partial charge in [-0.2, -0.15) is 5.10 Å². The van der Waals surface area contributed by atoms with Gasteiger partial charge in [0, 0.05) is 42.7 Å². The maximum Gasteiger partial charge on any atom is 0.163 e. The molecular formula is C29H30N6O3S. The molecular weight excluding hydrogens is 512 g/mol. The van der Waals surface area contributed by atoms with Crippen LogP contribution in [0, 0.1) is 0 Å². The number of nitrogen functional groups attached to an aromatic ring is 1. The van der Waals surface area contributed by atoms with Gasteiger partial charge in [-0.15, -0.1) is 11.3 Å². The van der Waals surface area contributed by atoms with Crippen molar-refractivity contribution in [2.45, 2.75) is 19.6 Å². The molecule has 1 aliphatic heterocycles. The third-order valence-corrected chi connectivity index (χ3v) is 7.49. The first kappa shape index (κ1) is 25.3. The molecule has 0 spiro atoms. The Labute approximate surface area is 230 Å². The Morgan fingerprint density at radius 3 is 2.59 bits per heavy atom. The first-order chi connectivity index (χ1) is 19.2. The highest BCUT2D eigenvalue weighted by Crippen LogP contribution is 2.32. The summed E-state index contributed by atoms with van der Waals surface area (Å²) in [6.45, 7) is 5.82. The zero-order valence-corrected chi connectivity index (χ0v) is 22.3. The summed E-state index contributed by atoms with van der Waals surface area (Å²) in [5.41, 5.74) is 8.74. The van der Waals surface area contributed by atoms with Gasteiger partial charge in [-0.1, -0.05) is 12.1 Å². The van der Waals surface area contributed by atoms with Crippen molar-refractivity contribution < 1.29 is 14.2 Å². The van der Waals surface area contributed by atoms with Gasteiger partial charge in [0.15, 0.2) is 5.65 Å². The van der Waals surface area contributed by atoms with Gasteiger partial charge in [0.05, 0.1) is 18.6 Å². The van der Waals surface area contributed by atoms with E-state index >= 15 is 0 Å². The molecule has 0 aliphatic carbocycles. The van der Waals surface area contributed by atoms with Gasteiger partial charge in [-0.05, 0) is 54.3 Å². The Kier molecular flexibility index (Phi) is 7.66. The number of aryl methyl sites for hydroxylation is 1. The van der Waals surface area contributed by atoms with Crippen molar-refractivity contribution in [2.75, 3.05) is 38.6 Å². The lowest BCUT2D eigenvalue weighted by atomic mass is 10.1. The van der Waals surface area contributed by atoms with E-state index in [-0.39, 0.29) is 0 Å². The molecule has 3 aromatic heterocycles. The predicted molar refractivity (Wildman–Crippen MR) is 152 cm³/mol. The van der Waals surface area contributed by atoms with Crippen LogP contribution in [0.4, 0.5) is 5.82 Å². The highest BCUT2D eigenvalue weighted by Gasteiger charge is 2.18. The van der Waals surface area contributed by atoms with E-state index in [0.717, 1.165) is 73.9 Å². The van der Waals surface area contributed by atoms with Gasteiger partial charge in [-0.3, -0.25) is 4.90 Å². The van der Waals surface area contributed by atoms with E-state index in [0.29, 0.717) is 23.9 Å². The summed E-state index contributed by atoms with van der Waals surface area (Å²) in [5, 5.41) is 7.72. The molecule has 5 aromatic rings. The smallest absolute Gasteiger partial charge is 0.163 e. The zero-order valence-electron chi connectivity index (χ0n) is 21.5. The molecule has 10 heteroatoms. The Morgan fingerprint density at radius 2 is 1.77 bits per heavy atom. The molecule has 200 valence electrons. The summed E-state index contributed by atoms with van der Waals surface area (Å²) in [5.74, 6) is 2.61. The Bertz CT molecular complexity index is 1510. The Hall–Kier alpha value is -3.99. The number of hydrogen-bond donors (Lipinski definition) is 1. The number of nitrogens with zero attached hydrogens (tertiary/aromatic N) is 5. The molecule has 0 bridgehead atoms. The maximum absolute atomic E-state index is 6.29. The molecule has 4 heterocycles. The number of nitrogens with two attached hydrogens (primary N) is 1. The summed E-state index contributed by atoms with van der Waals surface area (Å²) in [6.07, 6.45) is 2.46. The fourth-order valence-corrected chi connectivity index (χ4v) is 5.27. The van der Waals surface area contributed by atoms with Gasteiger partial charge < -0.3 is 19.9 Å². The van der Waals surface area contributed by atoms with E-state index < -0.39 is 0 Å². The van der Waals surface area contributed by atoms with Crippen LogP contribution in [0.2, 0.25) is 0 Å². The number of aromatic nitrogens is 4. The average molecular weight is 543 g/mol. The van der Waals surface area contributed by atoms with Crippen molar-refractivity contribution in [1.29, 1.82) is 0 Å². The quantitative estimate of drug-likeness (QED) is 0.256. The van der Waals surface area contributed by atoms with Crippen LogP contribution in [0.15, 0.2) is 72.4 Å². The minimum absolute atomic E-state index is 0.425. The number of hydrogen-bond acceptors (Lipinski definition) is 9. The van der Waals surface area contributed by atoms with E-state index in [4.69, 9.17) is 25.0 Å². The van der Waals surface area contributed by atoms with Crippen molar-refractivity contribution in [3.63, 3.8) is 0 Å². The number of fused-ring (bicyclic) bond motifs is 1. The molecule has 39 heavy (non-hydrogen) atoms. The summed E-state index contributed by atoms with van der Waals surface area (Å²) < 4.78 is 19.4. The molecule has 1 fully saturated rings. The molecule has 9 nitrogen and oxygen atoms in total. The van der Waals surface area contributed by atoms with Crippen molar-refractivity contribution in [3.8, 4) is 28.5 Å². The van der Waals surface area contributed by atoms with Crippen molar-refractivity contribution in [1.82, 2.24) is 24.6 Å². The van der Waals surface area contributed by atoms with Crippen LogP contribution in [0.25, 0.3) is 22.3 Å². The number of thiophene rings is 1. The van der Waals surface area contributed by atoms with Crippen molar-refractivity contribution in [2.24, 2.45) is 0 Å². The fourth-order valence-electron chi connectivity index (χ4n) is 4.65. The molecule has 2 aromatic carbocycles. The second-order valence-electron chi connectivity index (χ2n) is 9.31. The number of rotatable bonds is 10. The predicted octanol–water partition coefficient (Wildman–Crippen LogP) is 5.23. The lowest BCUT2D eigenvalue weighted by Crippen LogP contribution is -2.37. The Morgan fingerprint density at radius 1 is 0.923 bits per heavy atom. The number of anilines is 1. The van der Waals surface area contributed by atoms with Crippen LogP contribution < -0.4 is 15.2 Å². The molecule has 0 unspecified atom stereocenters. The molecule has 2 N–H and O–H groups in total. The molecule has 0 atom stereocenters. The summed E-state index contributed by atoms with van der Waals surface area (Å²) in [6, 6.07) is 19.6. The molecule has 0 saturated carbocycles. The maximum atomic E-state index is 6.29. The molecule has 0 amide bonds. The lowest BCUT2D eigenvalue weighted by Gasteiger charge is -2.26. The Balaban J connectivity index is 1.16. The van der Waals surface area contributed by atoms with Crippen LogP contribution in [-0.2, 0) is 17.9 Å². The minimum Gasteiger partial charge on any atom is -0.488 e. The second kappa shape index (κ2) is 11.8. The number of ether oxygens (including phenoxy) is 3. The molecule has 1 aliphatic rings. The number of morpholine rings is 1. The van der Waals surface area contributed by atoms with Crippen LogP contribution in [0.1, 0.15) is 11.3 Å². The van der Waals surface area contributed by atoms with Gasteiger partial charge in [0.2, 0.25) is 0 Å². The van der Waals surface area contributed by atoms with Crippen molar-refractivity contribution >= 4 is 28.2 Å². The van der Waals surface area contributed by atoms with Crippen LogP contribution >= 0.6 is 11.3 Å². The molecule has 6 rings (SSSR count). The van der Waals surface area contributed by atoms with Gasteiger partial charge in [0.25, 0.3) is 0 Å². The topological polar surface area (TPSA) is 101 Å². The first-order valence-corrected chi connectivity index (χ1v) is 13.9. The van der Waals surface area contributed by atoms with Gasteiger partial charge >= 0.3 is 0 Å². The van der Waals surface area contributed by atoms with E-state index in [1.807, 2.05) is 64.7 Å². The highest BCUT2D eigenvalue weighted by atomic mass is 32.1. The van der Waals surface area contributed by atoms with Crippen LogP contribution in [0.5, 0.6) is 17.2 Å². The average Bonchev–Trinajstić information content (AvgIpc) is 3.62. The zero-order chi connectivity index (χ0) is 26.4. The second-order valence-corrected chi connectivity index (χ2v) is 10.3. The van der Waals surface area contributed by atoms with Crippen LogP contribution in [0.3, 0.4) is 0 Å². The van der Waals surface area contributed by atoms with E-state index in [1.54, 1.807) is 11.3 Å². The normalized spacial score (nSPS) is 14.1. The highest BCUT2D eigenvalue weighted by molar-refractivity contribution is 7.09. The monoisotopic (exact) mass is 542 g/mol. The van der Waals surface area contributed by atoms with Crippen LogP contribution in [-0.4, -0.2) is 57.5 Å². The molecule has 0 radical (unpaired) electrons. The number of benzene rings is 2. The van der Waals surface area contributed by atoms with Gasteiger partial charge in [0.1, 0.15) is 41.7 Å².